The SMILES string of the molecule is COc1cc(C=NN2C(=O)[C@@H]3[C@H](C2=O)[C@H]2C=C[C@H]3C2)c(Br)c(Br)c1OCC(=O)Nc1ccc(C)cc1. The Balaban J connectivity index is 1.30. The molecule has 2 fully saturated rings. The fraction of sp³-hybridized carbons (Fsp3) is 0.308. The first-order valence-corrected chi connectivity index (χ1v) is 13.0. The average Bonchev–Trinajstić information content (AvgIpc) is 3.55. The third-order valence-electron chi connectivity index (χ3n) is 6.82. The lowest BCUT2D eigenvalue weighted by Crippen LogP contribution is -2.28. The van der Waals surface area contributed by atoms with E-state index in [2.05, 4.69) is 42.3 Å². The van der Waals surface area contributed by atoms with Crippen LogP contribution in [0.5, 0.6) is 11.5 Å². The maximum absolute atomic E-state index is 12.9. The molecule has 2 aromatic carbocycles. The highest BCUT2D eigenvalue weighted by molar-refractivity contribution is 9.13. The van der Waals surface area contributed by atoms with Crippen LogP contribution in [0.4, 0.5) is 5.69 Å². The highest BCUT2D eigenvalue weighted by atomic mass is 79.9. The molecule has 0 aromatic heterocycles. The molecule has 0 spiro atoms. The molecule has 5 rings (SSSR count). The van der Waals surface area contributed by atoms with Crippen LogP contribution >= 0.6 is 31.9 Å². The van der Waals surface area contributed by atoms with Gasteiger partial charge < -0.3 is 14.8 Å². The molecule has 0 unspecified atom stereocenters. The van der Waals surface area contributed by atoms with Gasteiger partial charge in [0.2, 0.25) is 0 Å². The van der Waals surface area contributed by atoms with Gasteiger partial charge in [-0.1, -0.05) is 29.8 Å². The van der Waals surface area contributed by atoms with Gasteiger partial charge in [-0.15, -0.1) is 0 Å². The van der Waals surface area contributed by atoms with Crippen LogP contribution in [0.15, 0.2) is 56.5 Å². The number of nitrogens with zero attached hydrogens (tertiary/aromatic N) is 2. The maximum atomic E-state index is 12.9. The standard InChI is InChI=1S/C26H23Br2N3O5/c1-13-3-7-17(8-4-13)30-19(32)12-36-24-18(35-2)10-16(22(27)23(24)28)11-29-31-25(33)20-14-5-6-15(9-14)21(20)26(31)34/h3-8,10-11,14-15,20-21H,9,12H2,1-2H3,(H,30,32)/t14-,15-,20-,21+/m0/s1. The Bertz CT molecular complexity index is 1280. The lowest BCUT2D eigenvalue weighted by Gasteiger charge is -2.16. The Labute approximate surface area is 225 Å². The number of allylic oxidation sites excluding steroid dienone is 2. The number of benzene rings is 2. The van der Waals surface area contributed by atoms with E-state index in [0.29, 0.717) is 31.7 Å². The van der Waals surface area contributed by atoms with Crippen LogP contribution in [0.3, 0.4) is 0 Å². The molecule has 8 nitrogen and oxygen atoms in total. The number of anilines is 1. The molecule has 1 aliphatic heterocycles. The molecule has 186 valence electrons. The monoisotopic (exact) mass is 615 g/mol. The third kappa shape index (κ3) is 4.37. The summed E-state index contributed by atoms with van der Waals surface area (Å²) < 4.78 is 12.3. The number of hydrogen-bond acceptors (Lipinski definition) is 6. The minimum atomic E-state index is -0.324. The van der Waals surface area contributed by atoms with Gasteiger partial charge in [-0.2, -0.15) is 10.1 Å². The van der Waals surface area contributed by atoms with E-state index in [0.717, 1.165) is 17.0 Å². The summed E-state index contributed by atoms with van der Waals surface area (Å²) in [6.45, 7) is 1.73. The number of methoxy groups -OCH3 is 1. The molecule has 2 aromatic rings. The summed E-state index contributed by atoms with van der Waals surface area (Å²) in [6, 6.07) is 9.11. The second-order valence-corrected chi connectivity index (χ2v) is 10.6. The molecule has 2 aliphatic carbocycles. The van der Waals surface area contributed by atoms with Crippen molar-refractivity contribution in [3.63, 3.8) is 0 Å². The zero-order valence-corrected chi connectivity index (χ0v) is 22.7. The Hall–Kier alpha value is -2.98. The molecule has 1 saturated heterocycles. The van der Waals surface area contributed by atoms with Crippen molar-refractivity contribution in [2.24, 2.45) is 28.8 Å². The molecular weight excluding hydrogens is 594 g/mol. The first-order chi connectivity index (χ1) is 17.3. The first kappa shape index (κ1) is 24.7. The molecule has 10 heteroatoms. The van der Waals surface area contributed by atoms with Crippen LogP contribution in [0, 0.1) is 30.6 Å². The second kappa shape index (κ2) is 9.82. The summed E-state index contributed by atoms with van der Waals surface area (Å²) in [4.78, 5) is 38.2. The summed E-state index contributed by atoms with van der Waals surface area (Å²) in [7, 11) is 1.48. The number of rotatable bonds is 7. The number of amides is 3. The average molecular weight is 617 g/mol. The Kier molecular flexibility index (Phi) is 6.74. The molecule has 1 N–H and O–H groups in total. The molecule has 2 bridgehead atoms. The number of imide groups is 1. The quantitative estimate of drug-likeness (QED) is 0.277. The third-order valence-corrected chi connectivity index (χ3v) is 8.96. The topological polar surface area (TPSA) is 97.3 Å². The van der Waals surface area contributed by atoms with Gasteiger partial charge in [0.1, 0.15) is 0 Å². The number of ether oxygens (including phenoxy) is 2. The van der Waals surface area contributed by atoms with E-state index in [1.807, 2.05) is 43.3 Å². The van der Waals surface area contributed by atoms with E-state index in [4.69, 9.17) is 9.47 Å². The Morgan fingerprint density at radius 3 is 2.36 bits per heavy atom. The number of nitrogens with one attached hydrogen (secondary N) is 1. The summed E-state index contributed by atoms with van der Waals surface area (Å²) in [6.07, 6.45) is 6.40. The molecule has 3 amide bonds. The van der Waals surface area contributed by atoms with E-state index < -0.39 is 0 Å². The van der Waals surface area contributed by atoms with E-state index in [1.54, 1.807) is 6.07 Å². The predicted molar refractivity (Wildman–Crippen MR) is 141 cm³/mol. The highest BCUT2D eigenvalue weighted by Gasteiger charge is 2.59. The van der Waals surface area contributed by atoms with E-state index in [1.165, 1.54) is 13.3 Å². The van der Waals surface area contributed by atoms with Crippen molar-refractivity contribution in [2.45, 2.75) is 13.3 Å². The first-order valence-electron chi connectivity index (χ1n) is 11.4. The number of fused-ring (bicyclic) bond motifs is 5. The highest BCUT2D eigenvalue weighted by Crippen LogP contribution is 2.52. The molecule has 1 saturated carbocycles. The van der Waals surface area contributed by atoms with Crippen molar-refractivity contribution in [2.75, 3.05) is 19.0 Å². The van der Waals surface area contributed by atoms with Crippen molar-refractivity contribution in [1.82, 2.24) is 5.01 Å². The number of halogens is 2. The molecule has 1 heterocycles. The fourth-order valence-electron chi connectivity index (χ4n) is 5.08. The number of hydrogen-bond donors (Lipinski definition) is 1. The lowest BCUT2D eigenvalue weighted by atomic mass is 9.85. The normalized spacial score (nSPS) is 24.1. The van der Waals surface area contributed by atoms with Crippen LogP contribution in [0.25, 0.3) is 0 Å². The van der Waals surface area contributed by atoms with Crippen LogP contribution < -0.4 is 14.8 Å². The van der Waals surface area contributed by atoms with Crippen molar-refractivity contribution in [1.29, 1.82) is 0 Å². The molecular formula is C26H23Br2N3O5. The molecule has 4 atom stereocenters. The number of carbonyl (C=O) groups is 3. The summed E-state index contributed by atoms with van der Waals surface area (Å²) in [5, 5.41) is 8.02. The van der Waals surface area contributed by atoms with Crippen LogP contribution in [0.2, 0.25) is 0 Å². The van der Waals surface area contributed by atoms with Gasteiger partial charge in [-0.3, -0.25) is 14.4 Å². The van der Waals surface area contributed by atoms with Gasteiger partial charge in [0.05, 0.1) is 29.6 Å². The van der Waals surface area contributed by atoms with Crippen LogP contribution in [-0.2, 0) is 14.4 Å². The molecule has 3 aliphatic rings. The van der Waals surface area contributed by atoms with Gasteiger partial charge in [0.25, 0.3) is 17.7 Å². The predicted octanol–water partition coefficient (Wildman–Crippen LogP) is 4.69. The summed E-state index contributed by atoms with van der Waals surface area (Å²) >= 11 is 6.99. The largest absolute Gasteiger partial charge is 0.493 e. The lowest BCUT2D eigenvalue weighted by molar-refractivity contribution is -0.140. The van der Waals surface area contributed by atoms with Crippen molar-refractivity contribution in [3.8, 4) is 11.5 Å². The minimum absolute atomic E-state index is 0.122. The van der Waals surface area contributed by atoms with Crippen LogP contribution in [0.1, 0.15) is 17.5 Å². The van der Waals surface area contributed by atoms with Gasteiger partial charge in [0.15, 0.2) is 18.1 Å². The van der Waals surface area contributed by atoms with Crippen molar-refractivity contribution < 1.29 is 23.9 Å². The van der Waals surface area contributed by atoms with Crippen molar-refractivity contribution in [3.05, 3.63) is 62.6 Å². The smallest absolute Gasteiger partial charge is 0.262 e. The van der Waals surface area contributed by atoms with E-state index in [-0.39, 0.29) is 48.0 Å². The second-order valence-electron chi connectivity index (χ2n) is 9.06. The molecule has 0 radical (unpaired) electrons. The van der Waals surface area contributed by atoms with Crippen molar-refractivity contribution >= 4 is 61.5 Å². The van der Waals surface area contributed by atoms with Crippen LogP contribution in [-0.4, -0.2) is 42.7 Å². The maximum Gasteiger partial charge on any atom is 0.262 e. The van der Waals surface area contributed by atoms with Gasteiger partial charge in [-0.25, -0.2) is 0 Å². The number of aryl methyl sites for hydroxylation is 1. The zero-order chi connectivity index (χ0) is 25.6. The molecule has 36 heavy (non-hydrogen) atoms. The van der Waals surface area contributed by atoms with Gasteiger partial charge in [-0.05, 0) is 75.2 Å². The van der Waals surface area contributed by atoms with E-state index in [9.17, 15) is 14.4 Å². The number of carbonyl (C=O) groups excluding carboxylic acids is 3. The van der Waals surface area contributed by atoms with Gasteiger partial charge in [0, 0.05) is 15.7 Å². The van der Waals surface area contributed by atoms with E-state index >= 15 is 0 Å². The zero-order valence-electron chi connectivity index (χ0n) is 19.5. The Morgan fingerprint density at radius 2 is 1.75 bits per heavy atom. The minimum Gasteiger partial charge on any atom is -0.493 e. The summed E-state index contributed by atoms with van der Waals surface area (Å²) in [5.74, 6) is -0.518. The Morgan fingerprint density at radius 1 is 1.11 bits per heavy atom. The summed E-state index contributed by atoms with van der Waals surface area (Å²) in [5.41, 5.74) is 2.33. The fourth-order valence-corrected chi connectivity index (χ4v) is 6.01. The van der Waals surface area contributed by atoms with Gasteiger partial charge >= 0.3 is 0 Å². The number of hydrazone groups is 1.